The topological polar surface area (TPSA) is 22.0 Å². The molecule has 2 nitrogen and oxygen atoms in total. The number of hydrogen-bond acceptors (Lipinski definition) is 1. The van der Waals surface area contributed by atoms with Crippen LogP contribution < -0.4 is 5.56 Å². The van der Waals surface area contributed by atoms with E-state index in [9.17, 15) is 4.79 Å². The number of rotatable bonds is 2. The van der Waals surface area contributed by atoms with Gasteiger partial charge in [-0.05, 0) is 36.5 Å². The standard InChI is InChI=1S/C15H14BrNO/c16-13-6-2-1-4-12(13)10-17-14-7-3-5-11(14)8-9-15(17)18/h1-2,4,6,8-9H,3,5,7,10H2. The number of pyridine rings is 1. The molecule has 0 unspecified atom stereocenters. The van der Waals surface area contributed by atoms with Crippen LogP contribution in [0.2, 0.25) is 0 Å². The molecule has 0 N–H and O–H groups in total. The minimum Gasteiger partial charge on any atom is -0.308 e. The highest BCUT2D eigenvalue weighted by Crippen LogP contribution is 2.22. The number of halogens is 1. The second-order valence-electron chi connectivity index (χ2n) is 4.67. The fourth-order valence-corrected chi connectivity index (χ4v) is 3.01. The van der Waals surface area contributed by atoms with Gasteiger partial charge in [0.15, 0.2) is 0 Å². The summed E-state index contributed by atoms with van der Waals surface area (Å²) in [4.78, 5) is 12.0. The molecule has 1 heterocycles. The van der Waals surface area contributed by atoms with Gasteiger partial charge in [-0.3, -0.25) is 4.79 Å². The zero-order valence-corrected chi connectivity index (χ0v) is 11.6. The Morgan fingerprint density at radius 3 is 2.78 bits per heavy atom. The third-order valence-corrected chi connectivity index (χ3v) is 4.31. The Labute approximate surface area is 114 Å². The molecule has 0 spiro atoms. The molecule has 2 aromatic rings. The number of aromatic nitrogens is 1. The van der Waals surface area contributed by atoms with Gasteiger partial charge in [0, 0.05) is 16.2 Å². The minimum absolute atomic E-state index is 0.103. The number of hydrogen-bond donors (Lipinski definition) is 0. The SMILES string of the molecule is O=c1ccc2c(n1Cc1ccccc1Br)CCC2. The van der Waals surface area contributed by atoms with E-state index < -0.39 is 0 Å². The lowest BCUT2D eigenvalue weighted by Crippen LogP contribution is -2.23. The molecule has 0 bridgehead atoms. The maximum absolute atomic E-state index is 12.0. The normalized spacial score (nSPS) is 13.6. The van der Waals surface area contributed by atoms with Crippen molar-refractivity contribution in [2.45, 2.75) is 25.8 Å². The Kier molecular flexibility index (Phi) is 3.08. The van der Waals surface area contributed by atoms with E-state index in [4.69, 9.17) is 0 Å². The Morgan fingerprint density at radius 2 is 1.94 bits per heavy atom. The van der Waals surface area contributed by atoms with Crippen LogP contribution in [0, 0.1) is 0 Å². The van der Waals surface area contributed by atoms with Crippen LogP contribution in [0.25, 0.3) is 0 Å². The van der Waals surface area contributed by atoms with E-state index in [2.05, 4.69) is 22.0 Å². The van der Waals surface area contributed by atoms with Gasteiger partial charge < -0.3 is 4.57 Å². The molecular formula is C15H14BrNO. The average Bonchev–Trinajstić information content (AvgIpc) is 2.83. The van der Waals surface area contributed by atoms with E-state index >= 15 is 0 Å². The molecule has 1 aromatic heterocycles. The van der Waals surface area contributed by atoms with Crippen LogP contribution in [-0.2, 0) is 19.4 Å². The lowest BCUT2D eigenvalue weighted by Gasteiger charge is -2.12. The van der Waals surface area contributed by atoms with Crippen molar-refractivity contribution in [1.29, 1.82) is 0 Å². The van der Waals surface area contributed by atoms with Gasteiger partial charge in [0.2, 0.25) is 0 Å². The van der Waals surface area contributed by atoms with Crippen LogP contribution in [-0.4, -0.2) is 4.57 Å². The van der Waals surface area contributed by atoms with Crippen LogP contribution in [0.3, 0.4) is 0 Å². The summed E-state index contributed by atoms with van der Waals surface area (Å²) in [6.45, 7) is 0.656. The van der Waals surface area contributed by atoms with E-state index in [1.807, 2.05) is 28.8 Å². The van der Waals surface area contributed by atoms with E-state index in [0.717, 1.165) is 29.3 Å². The molecule has 3 rings (SSSR count). The van der Waals surface area contributed by atoms with Crippen molar-refractivity contribution >= 4 is 15.9 Å². The number of aryl methyl sites for hydroxylation is 1. The van der Waals surface area contributed by atoms with Crippen LogP contribution in [0.15, 0.2) is 45.7 Å². The highest BCUT2D eigenvalue weighted by atomic mass is 79.9. The molecule has 92 valence electrons. The fraction of sp³-hybridized carbons (Fsp3) is 0.267. The first-order valence-electron chi connectivity index (χ1n) is 6.21. The fourth-order valence-electron chi connectivity index (χ4n) is 2.60. The molecule has 1 aliphatic rings. The van der Waals surface area contributed by atoms with Crippen LogP contribution >= 0.6 is 15.9 Å². The van der Waals surface area contributed by atoms with Gasteiger partial charge in [-0.25, -0.2) is 0 Å². The molecule has 0 aliphatic heterocycles. The predicted molar refractivity (Wildman–Crippen MR) is 76.0 cm³/mol. The van der Waals surface area contributed by atoms with E-state index in [1.165, 1.54) is 11.3 Å². The Balaban J connectivity index is 2.06. The van der Waals surface area contributed by atoms with E-state index in [-0.39, 0.29) is 5.56 Å². The van der Waals surface area contributed by atoms with Gasteiger partial charge in [-0.1, -0.05) is 40.2 Å². The molecule has 1 aromatic carbocycles. The van der Waals surface area contributed by atoms with Crippen molar-refractivity contribution in [1.82, 2.24) is 4.57 Å². The molecule has 0 radical (unpaired) electrons. The summed E-state index contributed by atoms with van der Waals surface area (Å²) in [5, 5.41) is 0. The molecule has 0 atom stereocenters. The first-order valence-corrected chi connectivity index (χ1v) is 7.00. The molecule has 0 saturated heterocycles. The smallest absolute Gasteiger partial charge is 0.251 e. The summed E-state index contributed by atoms with van der Waals surface area (Å²) in [6.07, 6.45) is 3.29. The maximum atomic E-state index is 12.0. The number of fused-ring (bicyclic) bond motifs is 1. The maximum Gasteiger partial charge on any atom is 0.251 e. The summed E-state index contributed by atoms with van der Waals surface area (Å²) >= 11 is 3.54. The van der Waals surface area contributed by atoms with Gasteiger partial charge in [0.1, 0.15) is 0 Å². The number of benzene rings is 1. The second-order valence-corrected chi connectivity index (χ2v) is 5.53. The van der Waals surface area contributed by atoms with Crippen molar-refractivity contribution < 1.29 is 0 Å². The third-order valence-electron chi connectivity index (χ3n) is 3.54. The molecule has 3 heteroatoms. The Hall–Kier alpha value is -1.35. The molecule has 18 heavy (non-hydrogen) atoms. The third kappa shape index (κ3) is 2.03. The minimum atomic E-state index is 0.103. The first-order chi connectivity index (χ1) is 8.75. The quantitative estimate of drug-likeness (QED) is 0.835. The van der Waals surface area contributed by atoms with Crippen molar-refractivity contribution in [3.63, 3.8) is 0 Å². The van der Waals surface area contributed by atoms with Gasteiger partial charge in [0.25, 0.3) is 5.56 Å². The average molecular weight is 304 g/mol. The first kappa shape index (κ1) is 11.7. The largest absolute Gasteiger partial charge is 0.308 e. The second kappa shape index (κ2) is 4.73. The lowest BCUT2D eigenvalue weighted by atomic mass is 10.2. The van der Waals surface area contributed by atoms with Gasteiger partial charge in [-0.2, -0.15) is 0 Å². The summed E-state index contributed by atoms with van der Waals surface area (Å²) in [7, 11) is 0. The van der Waals surface area contributed by atoms with Gasteiger partial charge in [0.05, 0.1) is 6.54 Å². The van der Waals surface area contributed by atoms with E-state index in [1.54, 1.807) is 6.07 Å². The highest BCUT2D eigenvalue weighted by molar-refractivity contribution is 9.10. The molecular weight excluding hydrogens is 290 g/mol. The summed E-state index contributed by atoms with van der Waals surface area (Å²) in [6, 6.07) is 11.8. The molecule has 0 amide bonds. The zero-order chi connectivity index (χ0) is 12.5. The summed E-state index contributed by atoms with van der Waals surface area (Å²) in [5.74, 6) is 0. The zero-order valence-electron chi connectivity index (χ0n) is 10.0. The Bertz CT molecular complexity index is 645. The van der Waals surface area contributed by atoms with Gasteiger partial charge >= 0.3 is 0 Å². The van der Waals surface area contributed by atoms with Gasteiger partial charge in [-0.15, -0.1) is 0 Å². The predicted octanol–water partition coefficient (Wildman–Crippen LogP) is 3.15. The number of nitrogens with zero attached hydrogens (tertiary/aromatic N) is 1. The molecule has 1 aliphatic carbocycles. The van der Waals surface area contributed by atoms with Crippen molar-refractivity contribution in [3.05, 3.63) is 68.0 Å². The van der Waals surface area contributed by atoms with Crippen molar-refractivity contribution in [3.8, 4) is 0 Å². The summed E-state index contributed by atoms with van der Waals surface area (Å²) < 4.78 is 2.98. The Morgan fingerprint density at radius 1 is 1.11 bits per heavy atom. The summed E-state index contributed by atoms with van der Waals surface area (Å²) in [5.41, 5.74) is 3.81. The van der Waals surface area contributed by atoms with Crippen molar-refractivity contribution in [2.75, 3.05) is 0 Å². The van der Waals surface area contributed by atoms with Crippen LogP contribution in [0.1, 0.15) is 23.2 Å². The van der Waals surface area contributed by atoms with Crippen LogP contribution in [0.4, 0.5) is 0 Å². The monoisotopic (exact) mass is 303 g/mol. The molecule has 0 fully saturated rings. The highest BCUT2D eigenvalue weighted by Gasteiger charge is 2.16. The van der Waals surface area contributed by atoms with Crippen LogP contribution in [0.5, 0.6) is 0 Å². The molecule has 0 saturated carbocycles. The lowest BCUT2D eigenvalue weighted by molar-refractivity contribution is 0.705. The van der Waals surface area contributed by atoms with Crippen molar-refractivity contribution in [2.24, 2.45) is 0 Å². The van der Waals surface area contributed by atoms with E-state index in [0.29, 0.717) is 6.54 Å².